The third kappa shape index (κ3) is 4.02. The monoisotopic (exact) mass is 438 g/mol. The Bertz CT molecular complexity index is 1130. The van der Waals surface area contributed by atoms with Crippen LogP contribution in [-0.4, -0.2) is 61.5 Å². The van der Waals surface area contributed by atoms with Crippen LogP contribution in [0.25, 0.3) is 10.9 Å². The Balaban J connectivity index is 1.61. The molecule has 5 rings (SSSR count). The molecule has 1 saturated carbocycles. The third-order valence-electron chi connectivity index (χ3n) is 6.92. The Kier molecular flexibility index (Phi) is 5.93. The Hall–Kier alpha value is -2.78. The number of aliphatic hydroxyl groups excluding tert-OH is 1. The lowest BCUT2D eigenvalue weighted by Gasteiger charge is -2.36. The number of methoxy groups -OCH3 is 1. The molecule has 1 saturated heterocycles. The average Bonchev–Trinajstić information content (AvgIpc) is 3.30. The molecule has 0 spiro atoms. The summed E-state index contributed by atoms with van der Waals surface area (Å²) < 4.78 is 7.25. The summed E-state index contributed by atoms with van der Waals surface area (Å²) in [5.41, 5.74) is 1.21. The number of nitrogens with zero attached hydrogens (tertiary/aromatic N) is 5. The van der Waals surface area contributed by atoms with Gasteiger partial charge in [-0.25, -0.2) is 4.68 Å². The second-order valence-corrected chi connectivity index (χ2v) is 8.95. The summed E-state index contributed by atoms with van der Waals surface area (Å²) in [6.07, 6.45) is 6.73. The second kappa shape index (κ2) is 8.99. The molecular formula is C23H30N6O3. The van der Waals surface area contributed by atoms with E-state index in [2.05, 4.69) is 25.4 Å². The molecule has 0 unspecified atom stereocenters. The smallest absolute Gasteiger partial charge is 0.253 e. The molecule has 0 bridgehead atoms. The summed E-state index contributed by atoms with van der Waals surface area (Å²) in [5.74, 6) is 1.41. The van der Waals surface area contributed by atoms with Gasteiger partial charge < -0.3 is 14.8 Å². The number of aliphatic hydroxyl groups is 1. The Morgan fingerprint density at radius 1 is 1.12 bits per heavy atom. The molecule has 2 aromatic heterocycles. The first kappa shape index (κ1) is 21.1. The summed E-state index contributed by atoms with van der Waals surface area (Å²) in [7, 11) is 1.61. The molecule has 1 atom stereocenters. The predicted molar refractivity (Wildman–Crippen MR) is 120 cm³/mol. The topological polar surface area (TPSA) is 109 Å². The van der Waals surface area contributed by atoms with Crippen LogP contribution < -0.4 is 10.3 Å². The Labute approximate surface area is 186 Å². The van der Waals surface area contributed by atoms with Gasteiger partial charge in [0.1, 0.15) is 11.8 Å². The van der Waals surface area contributed by atoms with Gasteiger partial charge in [0.2, 0.25) is 0 Å². The minimum atomic E-state index is -0.366. The number of aromatic nitrogens is 5. The van der Waals surface area contributed by atoms with Gasteiger partial charge in [-0.15, -0.1) is 5.10 Å². The molecule has 3 heterocycles. The van der Waals surface area contributed by atoms with Gasteiger partial charge in [0.05, 0.1) is 24.8 Å². The normalized spacial score (nSPS) is 19.9. The van der Waals surface area contributed by atoms with E-state index in [-0.39, 0.29) is 23.7 Å². The van der Waals surface area contributed by atoms with Crippen LogP contribution in [0, 0.1) is 0 Å². The number of fused-ring (bicyclic) bond motifs is 1. The van der Waals surface area contributed by atoms with Crippen LogP contribution in [0.1, 0.15) is 68.4 Å². The van der Waals surface area contributed by atoms with Gasteiger partial charge in [-0.1, -0.05) is 19.3 Å². The number of piperidine rings is 1. The number of rotatable bonds is 5. The molecule has 2 fully saturated rings. The van der Waals surface area contributed by atoms with E-state index in [1.54, 1.807) is 7.11 Å². The zero-order chi connectivity index (χ0) is 22.1. The quantitative estimate of drug-likeness (QED) is 0.630. The van der Waals surface area contributed by atoms with E-state index in [0.717, 1.165) is 23.7 Å². The van der Waals surface area contributed by atoms with Crippen molar-refractivity contribution in [2.24, 2.45) is 0 Å². The second-order valence-electron chi connectivity index (χ2n) is 8.95. The summed E-state index contributed by atoms with van der Waals surface area (Å²) in [4.78, 5) is 18.6. The maximum absolute atomic E-state index is 13.3. The molecule has 2 N–H and O–H groups in total. The van der Waals surface area contributed by atoms with Gasteiger partial charge in [0.15, 0.2) is 5.82 Å². The van der Waals surface area contributed by atoms with Crippen molar-refractivity contribution >= 4 is 10.9 Å². The van der Waals surface area contributed by atoms with Gasteiger partial charge in [-0.2, -0.15) is 0 Å². The van der Waals surface area contributed by atoms with E-state index in [1.807, 2.05) is 28.9 Å². The molecule has 1 aliphatic carbocycles. The fourth-order valence-electron chi connectivity index (χ4n) is 5.14. The van der Waals surface area contributed by atoms with Crippen molar-refractivity contribution in [3.05, 3.63) is 46.0 Å². The summed E-state index contributed by atoms with van der Waals surface area (Å²) in [5, 5.41) is 23.8. The van der Waals surface area contributed by atoms with E-state index in [4.69, 9.17) is 4.74 Å². The molecule has 9 heteroatoms. The number of likely N-dealkylation sites (tertiary alicyclic amines) is 1. The number of hydrogen-bond acceptors (Lipinski definition) is 7. The van der Waals surface area contributed by atoms with Crippen LogP contribution in [0.3, 0.4) is 0 Å². The van der Waals surface area contributed by atoms with Gasteiger partial charge in [0.25, 0.3) is 5.56 Å². The molecule has 3 aromatic rings. The fourth-order valence-corrected chi connectivity index (χ4v) is 5.14. The van der Waals surface area contributed by atoms with Crippen LogP contribution in [0.4, 0.5) is 0 Å². The molecular weight excluding hydrogens is 408 g/mol. The van der Waals surface area contributed by atoms with Crippen molar-refractivity contribution in [3.63, 3.8) is 0 Å². The van der Waals surface area contributed by atoms with Crippen molar-refractivity contribution in [1.82, 2.24) is 30.1 Å². The first-order valence-corrected chi connectivity index (χ1v) is 11.5. The highest BCUT2D eigenvalue weighted by molar-refractivity contribution is 5.80. The van der Waals surface area contributed by atoms with Crippen molar-refractivity contribution in [1.29, 1.82) is 0 Å². The molecule has 9 nitrogen and oxygen atoms in total. The average molecular weight is 439 g/mol. The summed E-state index contributed by atoms with van der Waals surface area (Å²) in [6.45, 7) is 1.37. The standard InChI is InChI=1S/C23H30N6O3/c1-32-18-8-7-15-13-19(23(31)24-20(15)14-18)21(28-11-9-17(30)10-12-28)22-25-26-27-29(22)16-5-3-2-4-6-16/h7-8,13-14,16-17,21,30H,2-6,9-12H2,1H3,(H,24,31)/t21-/m1/s1. The number of H-pyrrole nitrogens is 1. The molecule has 1 aromatic carbocycles. The number of nitrogens with one attached hydrogen (secondary N) is 1. The molecule has 0 radical (unpaired) electrons. The van der Waals surface area contributed by atoms with Gasteiger partial charge >= 0.3 is 0 Å². The number of ether oxygens (including phenoxy) is 1. The Morgan fingerprint density at radius 3 is 2.66 bits per heavy atom. The van der Waals surface area contributed by atoms with Crippen molar-refractivity contribution in [3.8, 4) is 5.75 Å². The lowest BCUT2D eigenvalue weighted by Crippen LogP contribution is -2.42. The zero-order valence-corrected chi connectivity index (χ0v) is 18.4. The van der Waals surface area contributed by atoms with Gasteiger partial charge in [0, 0.05) is 24.7 Å². The van der Waals surface area contributed by atoms with E-state index >= 15 is 0 Å². The number of benzene rings is 1. The molecule has 1 aliphatic heterocycles. The van der Waals surface area contributed by atoms with Crippen molar-refractivity contribution in [2.75, 3.05) is 20.2 Å². The maximum atomic E-state index is 13.3. The van der Waals surface area contributed by atoms with Crippen LogP contribution >= 0.6 is 0 Å². The first-order valence-electron chi connectivity index (χ1n) is 11.5. The van der Waals surface area contributed by atoms with Crippen LogP contribution in [0.5, 0.6) is 5.75 Å². The summed E-state index contributed by atoms with van der Waals surface area (Å²) >= 11 is 0. The lowest BCUT2D eigenvalue weighted by atomic mass is 9.94. The number of hydrogen-bond donors (Lipinski definition) is 2. The number of aromatic amines is 1. The minimum absolute atomic E-state index is 0.153. The molecule has 2 aliphatic rings. The highest BCUT2D eigenvalue weighted by Gasteiger charge is 2.34. The van der Waals surface area contributed by atoms with Crippen LogP contribution in [0.15, 0.2) is 29.1 Å². The molecule has 32 heavy (non-hydrogen) atoms. The number of pyridine rings is 1. The summed E-state index contributed by atoms with van der Waals surface area (Å²) in [6, 6.07) is 7.52. The zero-order valence-electron chi connectivity index (χ0n) is 18.4. The SMILES string of the molecule is COc1ccc2cc([C@H](c3nnnn3C3CCCCC3)N3CCC(O)CC3)c(=O)[nH]c2c1. The largest absolute Gasteiger partial charge is 0.497 e. The van der Waals surface area contributed by atoms with E-state index in [0.29, 0.717) is 43.1 Å². The molecule has 0 amide bonds. The van der Waals surface area contributed by atoms with E-state index in [9.17, 15) is 9.90 Å². The minimum Gasteiger partial charge on any atom is -0.497 e. The predicted octanol–water partition coefficient (Wildman–Crippen LogP) is 2.57. The highest BCUT2D eigenvalue weighted by atomic mass is 16.5. The first-order chi connectivity index (χ1) is 15.6. The van der Waals surface area contributed by atoms with Crippen molar-refractivity contribution in [2.45, 2.75) is 63.1 Å². The Morgan fingerprint density at radius 2 is 1.91 bits per heavy atom. The van der Waals surface area contributed by atoms with E-state index < -0.39 is 0 Å². The van der Waals surface area contributed by atoms with Gasteiger partial charge in [-0.05, 0) is 59.7 Å². The van der Waals surface area contributed by atoms with Crippen LogP contribution in [-0.2, 0) is 0 Å². The lowest BCUT2D eigenvalue weighted by molar-refractivity contribution is 0.0651. The van der Waals surface area contributed by atoms with Crippen LogP contribution in [0.2, 0.25) is 0 Å². The van der Waals surface area contributed by atoms with E-state index in [1.165, 1.54) is 19.3 Å². The fraction of sp³-hybridized carbons (Fsp3) is 0.565. The molecule has 170 valence electrons. The van der Waals surface area contributed by atoms with Gasteiger partial charge in [-0.3, -0.25) is 9.69 Å². The maximum Gasteiger partial charge on any atom is 0.253 e. The highest BCUT2D eigenvalue weighted by Crippen LogP contribution is 2.34. The van der Waals surface area contributed by atoms with Crippen molar-refractivity contribution < 1.29 is 9.84 Å². The number of tetrazole rings is 1. The third-order valence-corrected chi connectivity index (χ3v) is 6.92.